The van der Waals surface area contributed by atoms with Gasteiger partial charge in [0.05, 0.1) is 45.7 Å². The Hall–Kier alpha value is -0.200. The molecule has 0 amide bonds. The summed E-state index contributed by atoms with van der Waals surface area (Å²) < 4.78 is 21.2. The van der Waals surface area contributed by atoms with Crippen molar-refractivity contribution in [1.82, 2.24) is 5.32 Å². The van der Waals surface area contributed by atoms with Crippen molar-refractivity contribution in [3.8, 4) is 0 Å². The molecule has 0 saturated carbocycles. The minimum Gasteiger partial charge on any atom is -0.382 e. The van der Waals surface area contributed by atoms with Gasteiger partial charge in [0, 0.05) is 19.7 Å². The summed E-state index contributed by atoms with van der Waals surface area (Å²) in [5, 5.41) is 3.47. The molecule has 0 aliphatic rings. The van der Waals surface area contributed by atoms with Gasteiger partial charge in [-0.15, -0.1) is 0 Å². The molecule has 20 heavy (non-hydrogen) atoms. The first-order valence-electron chi connectivity index (χ1n) is 7.70. The molecule has 1 N–H and O–H groups in total. The molecule has 0 saturated heterocycles. The highest BCUT2D eigenvalue weighted by atomic mass is 16.6. The third-order valence-corrected chi connectivity index (χ3v) is 2.91. The van der Waals surface area contributed by atoms with Gasteiger partial charge in [-0.2, -0.15) is 0 Å². The highest BCUT2D eigenvalue weighted by Crippen LogP contribution is 1.96. The Labute approximate surface area is 124 Å². The smallest absolute Gasteiger partial charge is 0.0704 e. The molecule has 0 radical (unpaired) electrons. The zero-order chi connectivity index (χ0) is 15.1. The predicted octanol–water partition coefficient (Wildman–Crippen LogP) is 1.85. The van der Waals surface area contributed by atoms with Crippen molar-refractivity contribution in [3.05, 3.63) is 0 Å². The fourth-order valence-electron chi connectivity index (χ4n) is 1.73. The summed E-state index contributed by atoms with van der Waals surface area (Å²) >= 11 is 0. The number of hydrogen-bond acceptors (Lipinski definition) is 5. The number of nitrogens with one attached hydrogen (secondary N) is 1. The maximum atomic E-state index is 5.67. The van der Waals surface area contributed by atoms with Crippen molar-refractivity contribution in [2.45, 2.75) is 45.8 Å². The molecule has 122 valence electrons. The summed E-state index contributed by atoms with van der Waals surface area (Å²) in [6, 6.07) is 0.562. The molecule has 5 nitrogen and oxygen atoms in total. The van der Waals surface area contributed by atoms with E-state index in [9.17, 15) is 0 Å². The third kappa shape index (κ3) is 14.2. The van der Waals surface area contributed by atoms with Gasteiger partial charge in [0.1, 0.15) is 0 Å². The standard InChI is InChI=1S/C15H33NO4/c1-5-6-14(2)16-13-15(3)20-12-11-19-10-9-18-8-7-17-4/h14-16H,5-13H2,1-4H3. The lowest BCUT2D eigenvalue weighted by Crippen LogP contribution is -2.34. The van der Waals surface area contributed by atoms with Crippen molar-refractivity contribution in [2.24, 2.45) is 0 Å². The summed E-state index contributed by atoms with van der Waals surface area (Å²) in [7, 11) is 1.66. The lowest BCUT2D eigenvalue weighted by atomic mass is 10.2. The Morgan fingerprint density at radius 3 is 2.10 bits per heavy atom. The summed E-state index contributed by atoms with van der Waals surface area (Å²) in [4.78, 5) is 0. The molecule has 0 heterocycles. The highest BCUT2D eigenvalue weighted by Gasteiger charge is 2.04. The molecule has 0 aliphatic heterocycles. The van der Waals surface area contributed by atoms with Crippen LogP contribution in [0.3, 0.4) is 0 Å². The first-order valence-corrected chi connectivity index (χ1v) is 7.70. The van der Waals surface area contributed by atoms with Crippen molar-refractivity contribution in [2.75, 3.05) is 53.3 Å². The van der Waals surface area contributed by atoms with Gasteiger partial charge in [-0.25, -0.2) is 0 Å². The Bertz CT molecular complexity index is 193. The Kier molecular flexibility index (Phi) is 15.0. The normalized spacial score (nSPS) is 14.4. The second-order valence-electron chi connectivity index (χ2n) is 5.00. The zero-order valence-electron chi connectivity index (χ0n) is 13.7. The maximum absolute atomic E-state index is 5.67. The fraction of sp³-hybridized carbons (Fsp3) is 1.00. The molecule has 2 unspecified atom stereocenters. The van der Waals surface area contributed by atoms with E-state index >= 15 is 0 Å². The van der Waals surface area contributed by atoms with E-state index in [-0.39, 0.29) is 6.10 Å². The van der Waals surface area contributed by atoms with Crippen molar-refractivity contribution in [3.63, 3.8) is 0 Å². The predicted molar refractivity (Wildman–Crippen MR) is 81.3 cm³/mol. The van der Waals surface area contributed by atoms with E-state index in [1.54, 1.807) is 7.11 Å². The zero-order valence-corrected chi connectivity index (χ0v) is 13.7. The van der Waals surface area contributed by atoms with Crippen LogP contribution in [0.2, 0.25) is 0 Å². The van der Waals surface area contributed by atoms with E-state index in [1.165, 1.54) is 12.8 Å². The van der Waals surface area contributed by atoms with Crippen molar-refractivity contribution < 1.29 is 18.9 Å². The van der Waals surface area contributed by atoms with Crippen molar-refractivity contribution >= 4 is 0 Å². The van der Waals surface area contributed by atoms with Gasteiger partial charge in [-0.3, -0.25) is 0 Å². The van der Waals surface area contributed by atoms with E-state index in [0.717, 1.165) is 6.54 Å². The Morgan fingerprint density at radius 2 is 1.50 bits per heavy atom. The van der Waals surface area contributed by atoms with E-state index in [1.807, 2.05) is 0 Å². The van der Waals surface area contributed by atoms with Gasteiger partial charge in [-0.1, -0.05) is 13.3 Å². The Morgan fingerprint density at radius 1 is 0.900 bits per heavy atom. The molecule has 0 aromatic heterocycles. The molecule has 0 spiro atoms. The maximum Gasteiger partial charge on any atom is 0.0704 e. The average molecular weight is 291 g/mol. The van der Waals surface area contributed by atoms with Crippen LogP contribution in [0.1, 0.15) is 33.6 Å². The average Bonchev–Trinajstić information content (AvgIpc) is 2.43. The number of hydrogen-bond donors (Lipinski definition) is 1. The van der Waals surface area contributed by atoms with Crippen LogP contribution in [0.5, 0.6) is 0 Å². The number of ether oxygens (including phenoxy) is 4. The summed E-state index contributed by atoms with van der Waals surface area (Å²) in [5.74, 6) is 0. The fourth-order valence-corrected chi connectivity index (χ4v) is 1.73. The molecule has 5 heteroatoms. The van der Waals surface area contributed by atoms with Crippen LogP contribution in [0.4, 0.5) is 0 Å². The summed E-state index contributed by atoms with van der Waals surface area (Å²) in [6.07, 6.45) is 2.64. The molecule has 0 fully saturated rings. The van der Waals surface area contributed by atoms with Crippen LogP contribution >= 0.6 is 0 Å². The van der Waals surface area contributed by atoms with E-state index in [0.29, 0.717) is 45.7 Å². The first kappa shape index (κ1) is 19.8. The monoisotopic (exact) mass is 291 g/mol. The second kappa shape index (κ2) is 15.2. The van der Waals surface area contributed by atoms with Crippen LogP contribution in [0.25, 0.3) is 0 Å². The summed E-state index contributed by atoms with van der Waals surface area (Å²) in [5.41, 5.74) is 0. The molecular weight excluding hydrogens is 258 g/mol. The third-order valence-electron chi connectivity index (χ3n) is 2.91. The van der Waals surface area contributed by atoms with Gasteiger partial charge in [0.2, 0.25) is 0 Å². The van der Waals surface area contributed by atoms with E-state index < -0.39 is 0 Å². The van der Waals surface area contributed by atoms with Crippen molar-refractivity contribution in [1.29, 1.82) is 0 Å². The SMILES string of the molecule is CCCC(C)NCC(C)OCCOCCOCCOC. The summed E-state index contributed by atoms with van der Waals surface area (Å²) in [6.45, 7) is 11.1. The minimum atomic E-state index is 0.218. The largest absolute Gasteiger partial charge is 0.382 e. The Balaban J connectivity index is 3.20. The van der Waals surface area contributed by atoms with Crippen LogP contribution in [0.15, 0.2) is 0 Å². The molecule has 0 bridgehead atoms. The molecule has 0 aromatic rings. The van der Waals surface area contributed by atoms with Gasteiger partial charge in [0.15, 0.2) is 0 Å². The van der Waals surface area contributed by atoms with Gasteiger partial charge in [0.25, 0.3) is 0 Å². The van der Waals surface area contributed by atoms with Gasteiger partial charge in [-0.05, 0) is 20.3 Å². The molecule has 0 aromatic carbocycles. The molecular formula is C15H33NO4. The van der Waals surface area contributed by atoms with Crippen LogP contribution in [-0.2, 0) is 18.9 Å². The number of rotatable bonds is 15. The van der Waals surface area contributed by atoms with Gasteiger partial charge >= 0.3 is 0 Å². The minimum absolute atomic E-state index is 0.218. The molecule has 0 aliphatic carbocycles. The second-order valence-corrected chi connectivity index (χ2v) is 5.00. The number of methoxy groups -OCH3 is 1. The first-order chi connectivity index (χ1) is 9.70. The van der Waals surface area contributed by atoms with Gasteiger partial charge < -0.3 is 24.3 Å². The van der Waals surface area contributed by atoms with Crippen LogP contribution in [0, 0.1) is 0 Å². The van der Waals surface area contributed by atoms with Crippen LogP contribution < -0.4 is 5.32 Å². The highest BCUT2D eigenvalue weighted by molar-refractivity contribution is 4.62. The molecule has 0 rings (SSSR count). The quantitative estimate of drug-likeness (QED) is 0.467. The molecule has 2 atom stereocenters. The van der Waals surface area contributed by atoms with E-state index in [2.05, 4.69) is 26.1 Å². The van der Waals surface area contributed by atoms with E-state index in [4.69, 9.17) is 18.9 Å². The lowest BCUT2D eigenvalue weighted by molar-refractivity contribution is -0.0120. The van der Waals surface area contributed by atoms with Crippen LogP contribution in [-0.4, -0.2) is 65.4 Å². The topological polar surface area (TPSA) is 49.0 Å². The lowest BCUT2D eigenvalue weighted by Gasteiger charge is -2.18.